The maximum absolute atomic E-state index is 13.7. The number of sulfonamides is 1. The molecule has 0 aromatic heterocycles. The topological polar surface area (TPSA) is 58.2 Å². The van der Waals surface area contributed by atoms with E-state index in [1.54, 1.807) is 0 Å². The molecule has 3 aromatic carbocycles. The zero-order valence-corrected chi connectivity index (χ0v) is 14.3. The predicted octanol–water partition coefficient (Wildman–Crippen LogP) is 4.79. The average molecular weight is 396 g/mol. The Balaban J connectivity index is 1.76. The lowest BCUT2D eigenvalue weighted by Crippen LogP contribution is -2.12. The number of hydrogen-bond donors (Lipinski definition) is 2. The van der Waals surface area contributed by atoms with Crippen molar-refractivity contribution < 1.29 is 26.0 Å². The van der Waals surface area contributed by atoms with Crippen LogP contribution in [-0.2, 0) is 10.0 Å². The lowest BCUT2D eigenvalue weighted by Gasteiger charge is -2.11. The lowest BCUT2D eigenvalue weighted by molar-refractivity contribution is 0.449. The molecule has 27 heavy (non-hydrogen) atoms. The summed E-state index contributed by atoms with van der Waals surface area (Å²) in [5.41, 5.74) is 0.258. The monoisotopic (exact) mass is 396 g/mol. The second kappa shape index (κ2) is 7.28. The van der Waals surface area contributed by atoms with Gasteiger partial charge in [0, 0.05) is 11.4 Å². The molecule has 3 rings (SSSR count). The van der Waals surface area contributed by atoms with E-state index >= 15 is 0 Å². The van der Waals surface area contributed by atoms with Gasteiger partial charge in [-0.05, 0) is 60.7 Å². The lowest BCUT2D eigenvalue weighted by atomic mass is 10.2. The van der Waals surface area contributed by atoms with Gasteiger partial charge in [0.1, 0.15) is 5.82 Å². The summed E-state index contributed by atoms with van der Waals surface area (Å²) >= 11 is 0. The number of rotatable bonds is 5. The fraction of sp³-hybridized carbons (Fsp3) is 0. The fourth-order valence-corrected chi connectivity index (χ4v) is 3.29. The number of anilines is 3. The smallest absolute Gasteiger partial charge is 0.261 e. The molecule has 0 spiro atoms. The van der Waals surface area contributed by atoms with Gasteiger partial charge in [-0.25, -0.2) is 26.0 Å². The van der Waals surface area contributed by atoms with Gasteiger partial charge in [-0.3, -0.25) is 4.72 Å². The van der Waals surface area contributed by atoms with Crippen LogP contribution in [0, 0.1) is 23.3 Å². The Morgan fingerprint density at radius 2 is 1.26 bits per heavy atom. The number of nitrogens with one attached hydrogen (secondary N) is 2. The summed E-state index contributed by atoms with van der Waals surface area (Å²) in [4.78, 5) is -0.116. The highest BCUT2D eigenvalue weighted by molar-refractivity contribution is 7.92. The Labute approximate surface area is 152 Å². The molecule has 2 N–H and O–H groups in total. The standard InChI is InChI=1S/C18H12F4N2O2S/c19-11-1-7-14(8-2-11)27(25,26)24-13-5-3-12(4-6-13)23-16-10-9-15(20)17(21)18(16)22/h1-10,23-24H. The maximum atomic E-state index is 13.7. The SMILES string of the molecule is O=S(=O)(Nc1ccc(Nc2ccc(F)c(F)c2F)cc1)c1ccc(F)cc1. The first-order valence-electron chi connectivity index (χ1n) is 7.55. The van der Waals surface area contributed by atoms with Crippen molar-refractivity contribution in [2.24, 2.45) is 0 Å². The summed E-state index contributed by atoms with van der Waals surface area (Å²) in [6, 6.07) is 11.7. The highest BCUT2D eigenvalue weighted by Crippen LogP contribution is 2.25. The molecule has 0 fully saturated rings. The van der Waals surface area contributed by atoms with Gasteiger partial charge in [0.25, 0.3) is 10.0 Å². The summed E-state index contributed by atoms with van der Waals surface area (Å²) in [7, 11) is -3.91. The molecular formula is C18H12F4N2O2S. The Morgan fingerprint density at radius 1 is 0.667 bits per heavy atom. The highest BCUT2D eigenvalue weighted by Gasteiger charge is 2.15. The maximum Gasteiger partial charge on any atom is 0.261 e. The average Bonchev–Trinajstić information content (AvgIpc) is 2.64. The number of hydrogen-bond acceptors (Lipinski definition) is 3. The molecule has 0 amide bonds. The Kier molecular flexibility index (Phi) is 5.04. The quantitative estimate of drug-likeness (QED) is 0.482. The molecule has 0 saturated heterocycles. The van der Waals surface area contributed by atoms with Crippen molar-refractivity contribution in [3.8, 4) is 0 Å². The van der Waals surface area contributed by atoms with Crippen molar-refractivity contribution in [3.05, 3.63) is 83.9 Å². The minimum absolute atomic E-state index is 0.116. The predicted molar refractivity (Wildman–Crippen MR) is 93.2 cm³/mol. The van der Waals surface area contributed by atoms with Gasteiger partial charge >= 0.3 is 0 Å². The molecule has 0 bridgehead atoms. The molecular weight excluding hydrogens is 384 g/mol. The second-order valence-electron chi connectivity index (χ2n) is 5.48. The second-order valence-corrected chi connectivity index (χ2v) is 7.17. The number of benzene rings is 3. The normalized spacial score (nSPS) is 11.3. The third kappa shape index (κ3) is 4.20. The van der Waals surface area contributed by atoms with Crippen molar-refractivity contribution in [1.82, 2.24) is 0 Å². The Morgan fingerprint density at radius 3 is 1.89 bits per heavy atom. The minimum atomic E-state index is -3.91. The first kappa shape index (κ1) is 18.7. The molecule has 9 heteroatoms. The third-order valence-corrected chi connectivity index (χ3v) is 4.97. The summed E-state index contributed by atoms with van der Waals surface area (Å²) in [5, 5.41) is 2.57. The largest absolute Gasteiger partial charge is 0.353 e. The van der Waals surface area contributed by atoms with E-state index < -0.39 is 33.3 Å². The van der Waals surface area contributed by atoms with E-state index in [0.717, 1.165) is 36.4 Å². The van der Waals surface area contributed by atoms with Crippen LogP contribution >= 0.6 is 0 Å². The molecule has 0 unspecified atom stereocenters. The number of halogens is 4. The van der Waals surface area contributed by atoms with Crippen LogP contribution in [0.15, 0.2) is 65.6 Å². The van der Waals surface area contributed by atoms with E-state index in [0.29, 0.717) is 5.69 Å². The van der Waals surface area contributed by atoms with Gasteiger partial charge in [-0.2, -0.15) is 0 Å². The van der Waals surface area contributed by atoms with E-state index in [1.807, 2.05) is 0 Å². The van der Waals surface area contributed by atoms with Gasteiger partial charge in [0.05, 0.1) is 10.6 Å². The molecule has 0 aliphatic rings. The van der Waals surface area contributed by atoms with Crippen molar-refractivity contribution in [2.45, 2.75) is 4.90 Å². The van der Waals surface area contributed by atoms with Crippen LogP contribution in [0.4, 0.5) is 34.6 Å². The van der Waals surface area contributed by atoms with E-state index in [2.05, 4.69) is 10.0 Å². The first-order valence-corrected chi connectivity index (χ1v) is 9.03. The van der Waals surface area contributed by atoms with Gasteiger partial charge in [0.2, 0.25) is 0 Å². The fourth-order valence-electron chi connectivity index (χ4n) is 2.23. The van der Waals surface area contributed by atoms with E-state index in [9.17, 15) is 26.0 Å². The summed E-state index contributed by atoms with van der Waals surface area (Å²) in [5.74, 6) is -4.82. The molecule has 4 nitrogen and oxygen atoms in total. The van der Waals surface area contributed by atoms with E-state index in [-0.39, 0.29) is 16.3 Å². The van der Waals surface area contributed by atoms with Crippen LogP contribution in [0.5, 0.6) is 0 Å². The van der Waals surface area contributed by atoms with Crippen molar-refractivity contribution >= 4 is 27.1 Å². The van der Waals surface area contributed by atoms with Crippen LogP contribution in [0.25, 0.3) is 0 Å². The van der Waals surface area contributed by atoms with E-state index in [1.165, 1.54) is 24.3 Å². The molecule has 140 valence electrons. The molecule has 0 atom stereocenters. The summed E-state index contributed by atoms with van der Waals surface area (Å²) in [6.45, 7) is 0. The van der Waals surface area contributed by atoms with Gasteiger partial charge in [-0.15, -0.1) is 0 Å². The van der Waals surface area contributed by atoms with Crippen molar-refractivity contribution in [3.63, 3.8) is 0 Å². The highest BCUT2D eigenvalue weighted by atomic mass is 32.2. The van der Waals surface area contributed by atoms with Crippen LogP contribution < -0.4 is 10.0 Å². The van der Waals surface area contributed by atoms with Gasteiger partial charge in [-0.1, -0.05) is 0 Å². The summed E-state index contributed by atoms with van der Waals surface area (Å²) in [6.07, 6.45) is 0. The zero-order valence-electron chi connectivity index (χ0n) is 13.5. The first-order chi connectivity index (χ1) is 12.8. The molecule has 0 heterocycles. The Hall–Kier alpha value is -3.07. The summed E-state index contributed by atoms with van der Waals surface area (Å²) < 4.78 is 79.5. The van der Waals surface area contributed by atoms with E-state index in [4.69, 9.17) is 0 Å². The van der Waals surface area contributed by atoms with Crippen molar-refractivity contribution in [1.29, 1.82) is 0 Å². The molecule has 0 saturated carbocycles. The minimum Gasteiger partial charge on any atom is -0.353 e. The van der Waals surface area contributed by atoms with Gasteiger partial charge < -0.3 is 5.32 Å². The third-order valence-electron chi connectivity index (χ3n) is 3.58. The molecule has 3 aromatic rings. The molecule has 0 aliphatic heterocycles. The van der Waals surface area contributed by atoms with Crippen LogP contribution in [-0.4, -0.2) is 8.42 Å². The zero-order chi connectivity index (χ0) is 19.6. The van der Waals surface area contributed by atoms with Crippen LogP contribution in [0.1, 0.15) is 0 Å². The molecule has 0 radical (unpaired) electrons. The van der Waals surface area contributed by atoms with Crippen LogP contribution in [0.3, 0.4) is 0 Å². The Bertz CT molecular complexity index is 1070. The van der Waals surface area contributed by atoms with Crippen LogP contribution in [0.2, 0.25) is 0 Å². The van der Waals surface area contributed by atoms with Crippen molar-refractivity contribution in [2.75, 3.05) is 10.0 Å². The molecule has 0 aliphatic carbocycles. The van der Waals surface area contributed by atoms with Gasteiger partial charge in [0.15, 0.2) is 17.5 Å².